The lowest BCUT2D eigenvalue weighted by Gasteiger charge is -2.47. The molecule has 0 bridgehead atoms. The lowest BCUT2D eigenvalue weighted by molar-refractivity contribution is -0.141. The minimum absolute atomic E-state index is 0.00453. The molecular formula is C21H23NO5. The monoisotopic (exact) mass is 369 g/mol. The van der Waals surface area contributed by atoms with Crippen LogP contribution in [0.15, 0.2) is 48.5 Å². The Kier molecular flexibility index (Phi) is 5.64. The fourth-order valence-corrected chi connectivity index (χ4v) is 3.42. The summed E-state index contributed by atoms with van der Waals surface area (Å²) in [5, 5.41) is 0. The molecule has 3 rings (SSSR count). The first-order chi connectivity index (χ1) is 13.1. The number of anilines is 1. The number of nitrogens with zero attached hydrogens (tertiary/aromatic N) is 1. The molecule has 2 aromatic rings. The molecule has 1 amide bonds. The standard InChI is InChI=1S/C21H23NO5/c1-25-16-8-4-14(5-9-16)20-18(12-13-19(23)27-3)21(24)22(20)15-6-10-17(26-2)11-7-15/h4-11,18,20H,12-13H2,1-3H3/t18-,20-/m1/s1. The number of rotatable bonds is 7. The van der Waals surface area contributed by atoms with E-state index in [0.29, 0.717) is 6.42 Å². The van der Waals surface area contributed by atoms with Crippen LogP contribution in [0.2, 0.25) is 0 Å². The highest BCUT2D eigenvalue weighted by atomic mass is 16.5. The predicted molar refractivity (Wildman–Crippen MR) is 101 cm³/mol. The third-order valence-electron chi connectivity index (χ3n) is 4.91. The van der Waals surface area contributed by atoms with Gasteiger partial charge in [-0.15, -0.1) is 0 Å². The van der Waals surface area contributed by atoms with Crippen molar-refractivity contribution in [1.29, 1.82) is 0 Å². The summed E-state index contributed by atoms with van der Waals surface area (Å²) in [6.07, 6.45) is 0.671. The van der Waals surface area contributed by atoms with E-state index >= 15 is 0 Å². The van der Waals surface area contributed by atoms with Crippen LogP contribution in [0.25, 0.3) is 0 Å². The third-order valence-corrected chi connectivity index (χ3v) is 4.91. The molecule has 6 heteroatoms. The molecule has 6 nitrogen and oxygen atoms in total. The van der Waals surface area contributed by atoms with Crippen LogP contribution in [0.1, 0.15) is 24.4 Å². The summed E-state index contributed by atoms with van der Waals surface area (Å²) in [7, 11) is 4.58. The zero-order valence-corrected chi connectivity index (χ0v) is 15.7. The van der Waals surface area contributed by atoms with Crippen molar-refractivity contribution in [2.45, 2.75) is 18.9 Å². The maximum absolute atomic E-state index is 12.8. The highest BCUT2D eigenvalue weighted by Crippen LogP contribution is 2.46. The summed E-state index contributed by atoms with van der Waals surface area (Å²) in [5.41, 5.74) is 1.80. The van der Waals surface area contributed by atoms with Gasteiger partial charge in [-0.25, -0.2) is 0 Å². The first kappa shape index (κ1) is 18.8. The van der Waals surface area contributed by atoms with E-state index in [-0.39, 0.29) is 30.3 Å². The number of amides is 1. The summed E-state index contributed by atoms with van der Waals surface area (Å²) in [6, 6.07) is 14.9. The lowest BCUT2D eigenvalue weighted by Crippen LogP contribution is -2.55. The van der Waals surface area contributed by atoms with Crippen LogP contribution in [0.3, 0.4) is 0 Å². The van der Waals surface area contributed by atoms with Gasteiger partial charge in [0.2, 0.25) is 5.91 Å². The van der Waals surface area contributed by atoms with Gasteiger partial charge in [-0.2, -0.15) is 0 Å². The molecule has 0 aromatic heterocycles. The first-order valence-corrected chi connectivity index (χ1v) is 8.77. The maximum Gasteiger partial charge on any atom is 0.305 e. The molecule has 142 valence electrons. The number of β-lactam (4-membered cyclic amide) rings is 1. The molecule has 0 saturated carbocycles. The molecular weight excluding hydrogens is 346 g/mol. The van der Waals surface area contributed by atoms with Crippen molar-refractivity contribution in [2.24, 2.45) is 5.92 Å². The van der Waals surface area contributed by atoms with Crippen LogP contribution in [0, 0.1) is 5.92 Å². The Morgan fingerprint density at radius 1 is 0.926 bits per heavy atom. The number of benzene rings is 2. The highest BCUT2D eigenvalue weighted by Gasteiger charge is 2.48. The molecule has 2 atom stereocenters. The average molecular weight is 369 g/mol. The average Bonchev–Trinajstić information content (AvgIpc) is 2.72. The molecule has 0 N–H and O–H groups in total. The smallest absolute Gasteiger partial charge is 0.305 e. The second-order valence-electron chi connectivity index (χ2n) is 6.35. The second kappa shape index (κ2) is 8.12. The van der Waals surface area contributed by atoms with Gasteiger partial charge in [0.1, 0.15) is 11.5 Å². The molecule has 1 fully saturated rings. The number of hydrogen-bond donors (Lipinski definition) is 0. The summed E-state index contributed by atoms with van der Waals surface area (Å²) in [5.74, 6) is 0.921. The fourth-order valence-electron chi connectivity index (χ4n) is 3.42. The molecule has 0 spiro atoms. The van der Waals surface area contributed by atoms with Crippen molar-refractivity contribution in [2.75, 3.05) is 26.2 Å². The Morgan fingerprint density at radius 3 is 2.00 bits per heavy atom. The van der Waals surface area contributed by atoms with Crippen molar-refractivity contribution < 1.29 is 23.8 Å². The summed E-state index contributed by atoms with van der Waals surface area (Å²) >= 11 is 0. The van der Waals surface area contributed by atoms with Crippen LogP contribution in [0.5, 0.6) is 11.5 Å². The molecule has 1 aliphatic rings. The van der Waals surface area contributed by atoms with E-state index in [1.807, 2.05) is 48.5 Å². The summed E-state index contributed by atoms with van der Waals surface area (Å²) in [4.78, 5) is 26.1. The Balaban J connectivity index is 1.88. The lowest BCUT2D eigenvalue weighted by atomic mass is 9.79. The van der Waals surface area contributed by atoms with Gasteiger partial charge in [-0.1, -0.05) is 12.1 Å². The van der Waals surface area contributed by atoms with Gasteiger partial charge in [-0.3, -0.25) is 9.59 Å². The molecule has 1 heterocycles. The molecule has 0 unspecified atom stereocenters. The van der Waals surface area contributed by atoms with Crippen LogP contribution in [-0.4, -0.2) is 33.2 Å². The number of hydrogen-bond acceptors (Lipinski definition) is 5. The van der Waals surface area contributed by atoms with Crippen molar-refractivity contribution in [1.82, 2.24) is 0 Å². The van der Waals surface area contributed by atoms with E-state index in [9.17, 15) is 9.59 Å². The van der Waals surface area contributed by atoms with Gasteiger partial charge in [0.15, 0.2) is 0 Å². The number of carbonyl (C=O) groups is 2. The van der Waals surface area contributed by atoms with Crippen LogP contribution < -0.4 is 14.4 Å². The molecule has 0 radical (unpaired) electrons. The minimum Gasteiger partial charge on any atom is -0.497 e. The topological polar surface area (TPSA) is 65.1 Å². The van der Waals surface area contributed by atoms with E-state index < -0.39 is 0 Å². The first-order valence-electron chi connectivity index (χ1n) is 8.77. The second-order valence-corrected chi connectivity index (χ2v) is 6.35. The summed E-state index contributed by atoms with van der Waals surface area (Å²) in [6.45, 7) is 0. The van der Waals surface area contributed by atoms with Gasteiger partial charge in [0, 0.05) is 12.1 Å². The van der Waals surface area contributed by atoms with Crippen LogP contribution in [0.4, 0.5) is 5.69 Å². The van der Waals surface area contributed by atoms with Crippen molar-refractivity contribution in [3.63, 3.8) is 0 Å². The van der Waals surface area contributed by atoms with Crippen LogP contribution in [-0.2, 0) is 14.3 Å². The maximum atomic E-state index is 12.8. The van der Waals surface area contributed by atoms with Gasteiger partial charge >= 0.3 is 5.97 Å². The van der Waals surface area contributed by atoms with E-state index in [4.69, 9.17) is 14.2 Å². The number of ether oxygens (including phenoxy) is 3. The number of esters is 1. The Labute approximate surface area is 158 Å². The van der Waals surface area contributed by atoms with Crippen molar-refractivity contribution in [3.8, 4) is 11.5 Å². The Hall–Kier alpha value is -3.02. The van der Waals surface area contributed by atoms with Gasteiger partial charge in [0.05, 0.1) is 33.3 Å². The summed E-state index contributed by atoms with van der Waals surface area (Å²) < 4.78 is 15.1. The largest absolute Gasteiger partial charge is 0.497 e. The molecule has 27 heavy (non-hydrogen) atoms. The normalized spacial score (nSPS) is 18.6. The molecule has 0 aliphatic carbocycles. The highest BCUT2D eigenvalue weighted by molar-refractivity contribution is 6.03. The van der Waals surface area contributed by atoms with E-state index in [0.717, 1.165) is 22.7 Å². The molecule has 1 aliphatic heterocycles. The van der Waals surface area contributed by atoms with E-state index in [1.54, 1.807) is 19.1 Å². The zero-order chi connectivity index (χ0) is 19.4. The molecule has 1 saturated heterocycles. The molecule has 2 aromatic carbocycles. The van der Waals surface area contributed by atoms with Crippen molar-refractivity contribution >= 4 is 17.6 Å². The van der Waals surface area contributed by atoms with Crippen molar-refractivity contribution in [3.05, 3.63) is 54.1 Å². The number of methoxy groups -OCH3 is 3. The van der Waals surface area contributed by atoms with Gasteiger partial charge in [-0.05, 0) is 48.4 Å². The Bertz CT molecular complexity index is 800. The van der Waals surface area contributed by atoms with Crippen LogP contribution >= 0.6 is 0 Å². The fraction of sp³-hybridized carbons (Fsp3) is 0.333. The van der Waals surface area contributed by atoms with Gasteiger partial charge in [0.25, 0.3) is 0 Å². The van der Waals surface area contributed by atoms with Gasteiger partial charge < -0.3 is 19.1 Å². The Morgan fingerprint density at radius 2 is 1.48 bits per heavy atom. The third kappa shape index (κ3) is 3.74. The quantitative estimate of drug-likeness (QED) is 0.553. The van der Waals surface area contributed by atoms with E-state index in [1.165, 1.54) is 7.11 Å². The SMILES string of the molecule is COC(=O)CC[C@H]1C(=O)N(c2ccc(OC)cc2)[C@@H]1c1ccc(OC)cc1. The minimum atomic E-state index is -0.306. The van der Waals surface area contributed by atoms with E-state index in [2.05, 4.69) is 0 Å². The zero-order valence-electron chi connectivity index (χ0n) is 15.7. The predicted octanol–water partition coefficient (Wildman–Crippen LogP) is 3.36. The number of carbonyl (C=O) groups excluding carboxylic acids is 2.